The fourth-order valence-electron chi connectivity index (χ4n) is 1.41. The standard InChI is InChI=1S/C12H24N2O2/c1-3-5-7-9-13-12(16)14(11-15)10-8-6-4-2/h11H,3-10H2,1-2H3,(H,13,16). The van der Waals surface area contributed by atoms with Crippen molar-refractivity contribution in [3.8, 4) is 0 Å². The molecule has 0 aliphatic carbocycles. The van der Waals surface area contributed by atoms with E-state index in [4.69, 9.17) is 0 Å². The molecule has 0 saturated heterocycles. The summed E-state index contributed by atoms with van der Waals surface area (Å²) in [7, 11) is 0. The number of hydrogen-bond acceptors (Lipinski definition) is 2. The van der Waals surface area contributed by atoms with Crippen LogP contribution in [0.1, 0.15) is 52.4 Å². The number of hydrogen-bond donors (Lipinski definition) is 1. The second kappa shape index (κ2) is 10.5. The van der Waals surface area contributed by atoms with Crippen LogP contribution in [-0.4, -0.2) is 30.4 Å². The molecule has 94 valence electrons. The van der Waals surface area contributed by atoms with Crippen LogP contribution < -0.4 is 5.32 Å². The second-order valence-corrected chi connectivity index (χ2v) is 3.94. The molecule has 16 heavy (non-hydrogen) atoms. The zero-order valence-corrected chi connectivity index (χ0v) is 10.5. The summed E-state index contributed by atoms with van der Waals surface area (Å²) in [6, 6.07) is -0.262. The summed E-state index contributed by atoms with van der Waals surface area (Å²) in [4.78, 5) is 23.4. The van der Waals surface area contributed by atoms with Crippen molar-refractivity contribution in [3.63, 3.8) is 0 Å². The highest BCUT2D eigenvalue weighted by atomic mass is 16.2. The van der Waals surface area contributed by atoms with Gasteiger partial charge in [0.1, 0.15) is 0 Å². The average molecular weight is 228 g/mol. The van der Waals surface area contributed by atoms with Crippen LogP contribution in [0.4, 0.5) is 4.79 Å². The Kier molecular flexibility index (Phi) is 9.76. The number of carbonyl (C=O) groups is 2. The third-order valence-electron chi connectivity index (χ3n) is 2.45. The van der Waals surface area contributed by atoms with E-state index in [0.717, 1.165) is 38.5 Å². The molecule has 4 nitrogen and oxygen atoms in total. The van der Waals surface area contributed by atoms with Gasteiger partial charge < -0.3 is 5.32 Å². The Bertz CT molecular complexity index is 195. The summed E-state index contributed by atoms with van der Waals surface area (Å²) in [5.74, 6) is 0. The van der Waals surface area contributed by atoms with Crippen molar-refractivity contribution < 1.29 is 9.59 Å². The molecule has 0 rings (SSSR count). The first-order valence-electron chi connectivity index (χ1n) is 6.26. The van der Waals surface area contributed by atoms with Gasteiger partial charge in [-0.3, -0.25) is 9.69 Å². The van der Waals surface area contributed by atoms with Gasteiger partial charge >= 0.3 is 6.03 Å². The van der Waals surface area contributed by atoms with Gasteiger partial charge in [-0.2, -0.15) is 0 Å². The van der Waals surface area contributed by atoms with Gasteiger partial charge in [-0.15, -0.1) is 0 Å². The van der Waals surface area contributed by atoms with Gasteiger partial charge in [-0.1, -0.05) is 39.5 Å². The van der Waals surface area contributed by atoms with Crippen LogP contribution in [0.5, 0.6) is 0 Å². The lowest BCUT2D eigenvalue weighted by molar-refractivity contribution is -0.115. The third kappa shape index (κ3) is 7.26. The number of rotatable bonds is 9. The Labute approximate surface area is 98.4 Å². The number of nitrogens with zero attached hydrogens (tertiary/aromatic N) is 1. The molecule has 0 bridgehead atoms. The molecule has 0 aromatic heterocycles. The molecule has 0 aliphatic heterocycles. The predicted octanol–water partition coefficient (Wildman–Crippen LogP) is 2.53. The molecule has 0 atom stereocenters. The minimum absolute atomic E-state index is 0.262. The maximum absolute atomic E-state index is 11.5. The maximum Gasteiger partial charge on any atom is 0.323 e. The highest BCUT2D eigenvalue weighted by molar-refractivity contribution is 5.84. The fourth-order valence-corrected chi connectivity index (χ4v) is 1.41. The molecular weight excluding hydrogens is 204 g/mol. The number of amides is 3. The summed E-state index contributed by atoms with van der Waals surface area (Å²) < 4.78 is 0. The first-order valence-corrected chi connectivity index (χ1v) is 6.26. The molecule has 0 aromatic carbocycles. The summed E-state index contributed by atoms with van der Waals surface area (Å²) in [6.45, 7) is 5.39. The highest BCUT2D eigenvalue weighted by Gasteiger charge is 2.10. The van der Waals surface area contributed by atoms with Crippen molar-refractivity contribution >= 4 is 12.4 Å². The van der Waals surface area contributed by atoms with Gasteiger partial charge in [0.25, 0.3) is 0 Å². The van der Waals surface area contributed by atoms with E-state index >= 15 is 0 Å². The summed E-state index contributed by atoms with van der Waals surface area (Å²) in [5, 5.41) is 2.75. The summed E-state index contributed by atoms with van der Waals surface area (Å²) in [5.41, 5.74) is 0. The van der Waals surface area contributed by atoms with E-state index in [1.165, 1.54) is 4.90 Å². The molecule has 1 N–H and O–H groups in total. The SMILES string of the molecule is CCCCCNC(=O)N(C=O)CCCCC. The molecule has 0 aromatic rings. The predicted molar refractivity (Wildman–Crippen MR) is 65.2 cm³/mol. The van der Waals surface area contributed by atoms with Crippen molar-refractivity contribution in [2.24, 2.45) is 0 Å². The zero-order valence-electron chi connectivity index (χ0n) is 10.5. The monoisotopic (exact) mass is 228 g/mol. The van der Waals surface area contributed by atoms with Gasteiger partial charge in [0.15, 0.2) is 0 Å². The van der Waals surface area contributed by atoms with Crippen LogP contribution in [-0.2, 0) is 4.79 Å². The molecule has 0 spiro atoms. The number of carbonyl (C=O) groups excluding carboxylic acids is 2. The van der Waals surface area contributed by atoms with Crippen LogP contribution in [0.25, 0.3) is 0 Å². The van der Waals surface area contributed by atoms with E-state index < -0.39 is 0 Å². The van der Waals surface area contributed by atoms with Gasteiger partial charge in [0, 0.05) is 13.1 Å². The Balaban J connectivity index is 3.69. The van der Waals surface area contributed by atoms with Crippen LogP contribution in [0.3, 0.4) is 0 Å². The highest BCUT2D eigenvalue weighted by Crippen LogP contribution is 1.97. The molecule has 0 radical (unpaired) electrons. The van der Waals surface area contributed by atoms with Crippen LogP contribution in [0, 0.1) is 0 Å². The van der Waals surface area contributed by atoms with Gasteiger partial charge in [0.2, 0.25) is 6.41 Å². The zero-order chi connectivity index (χ0) is 12.2. The molecule has 4 heteroatoms. The Morgan fingerprint density at radius 2 is 1.75 bits per heavy atom. The van der Waals surface area contributed by atoms with E-state index in [-0.39, 0.29) is 6.03 Å². The minimum atomic E-state index is -0.262. The van der Waals surface area contributed by atoms with Gasteiger partial charge in [-0.05, 0) is 12.8 Å². The van der Waals surface area contributed by atoms with E-state index in [1.54, 1.807) is 0 Å². The maximum atomic E-state index is 11.5. The minimum Gasteiger partial charge on any atom is -0.338 e. The van der Waals surface area contributed by atoms with Gasteiger partial charge in [0.05, 0.1) is 0 Å². The lowest BCUT2D eigenvalue weighted by Gasteiger charge is -2.15. The normalized spacial score (nSPS) is 9.88. The Hall–Kier alpha value is -1.06. The number of imide groups is 1. The quantitative estimate of drug-likeness (QED) is 0.487. The molecule has 0 aliphatic rings. The number of urea groups is 1. The molecule has 0 saturated carbocycles. The van der Waals surface area contributed by atoms with E-state index in [0.29, 0.717) is 19.5 Å². The van der Waals surface area contributed by atoms with Crippen LogP contribution in [0.2, 0.25) is 0 Å². The topological polar surface area (TPSA) is 49.4 Å². The molecule has 0 unspecified atom stereocenters. The summed E-state index contributed by atoms with van der Waals surface area (Å²) in [6.07, 6.45) is 6.85. The number of nitrogens with one attached hydrogen (secondary N) is 1. The van der Waals surface area contributed by atoms with E-state index in [1.807, 2.05) is 0 Å². The average Bonchev–Trinajstić information content (AvgIpc) is 2.30. The molecule has 0 heterocycles. The van der Waals surface area contributed by atoms with Gasteiger partial charge in [-0.25, -0.2) is 4.79 Å². The molecule has 0 fully saturated rings. The number of unbranched alkanes of at least 4 members (excludes halogenated alkanes) is 4. The Morgan fingerprint density at radius 1 is 1.12 bits per heavy atom. The van der Waals surface area contributed by atoms with Crippen molar-refractivity contribution in [1.82, 2.24) is 10.2 Å². The first-order chi connectivity index (χ1) is 7.76. The van der Waals surface area contributed by atoms with Crippen molar-refractivity contribution in [3.05, 3.63) is 0 Å². The van der Waals surface area contributed by atoms with E-state index in [9.17, 15) is 9.59 Å². The van der Waals surface area contributed by atoms with Crippen LogP contribution in [0.15, 0.2) is 0 Å². The van der Waals surface area contributed by atoms with Crippen LogP contribution >= 0.6 is 0 Å². The van der Waals surface area contributed by atoms with E-state index in [2.05, 4.69) is 19.2 Å². The third-order valence-corrected chi connectivity index (χ3v) is 2.45. The first kappa shape index (κ1) is 14.9. The Morgan fingerprint density at radius 3 is 2.31 bits per heavy atom. The summed E-state index contributed by atoms with van der Waals surface area (Å²) >= 11 is 0. The lowest BCUT2D eigenvalue weighted by atomic mass is 10.2. The van der Waals surface area contributed by atoms with Crippen molar-refractivity contribution in [2.45, 2.75) is 52.4 Å². The van der Waals surface area contributed by atoms with Crippen molar-refractivity contribution in [2.75, 3.05) is 13.1 Å². The van der Waals surface area contributed by atoms with Crippen molar-refractivity contribution in [1.29, 1.82) is 0 Å². The lowest BCUT2D eigenvalue weighted by Crippen LogP contribution is -2.40. The molecule has 3 amide bonds. The molecular formula is C12H24N2O2. The fraction of sp³-hybridized carbons (Fsp3) is 0.833. The largest absolute Gasteiger partial charge is 0.338 e. The second-order valence-electron chi connectivity index (χ2n) is 3.94. The smallest absolute Gasteiger partial charge is 0.323 e.